The third-order valence-corrected chi connectivity index (χ3v) is 3.25. The van der Waals surface area contributed by atoms with Crippen LogP contribution in [0.25, 0.3) is 10.6 Å². The van der Waals surface area contributed by atoms with E-state index in [9.17, 15) is 0 Å². The first-order valence-electron chi connectivity index (χ1n) is 4.72. The van der Waals surface area contributed by atoms with Crippen molar-refractivity contribution >= 4 is 22.9 Å². The van der Waals surface area contributed by atoms with Crippen molar-refractivity contribution in [2.75, 3.05) is 13.2 Å². The van der Waals surface area contributed by atoms with Crippen LogP contribution in [-0.4, -0.2) is 23.4 Å². The maximum atomic E-state index is 5.77. The van der Waals surface area contributed by atoms with E-state index in [2.05, 4.69) is 10.2 Å². The molecule has 16 heavy (non-hydrogen) atoms. The van der Waals surface area contributed by atoms with Crippen molar-refractivity contribution in [3.63, 3.8) is 0 Å². The van der Waals surface area contributed by atoms with Crippen molar-refractivity contribution in [1.29, 1.82) is 0 Å². The van der Waals surface area contributed by atoms with Gasteiger partial charge in [-0.05, 0) is 23.7 Å². The Labute approximate surface area is 101 Å². The quantitative estimate of drug-likeness (QED) is 0.785. The lowest BCUT2D eigenvalue weighted by Gasteiger charge is -2.19. The van der Waals surface area contributed by atoms with Crippen molar-refractivity contribution in [3.8, 4) is 22.1 Å². The largest absolute Gasteiger partial charge is 0.486 e. The van der Waals surface area contributed by atoms with Gasteiger partial charge in [-0.25, -0.2) is 0 Å². The van der Waals surface area contributed by atoms with Gasteiger partial charge in [-0.1, -0.05) is 17.4 Å². The molecule has 1 aromatic heterocycles. The van der Waals surface area contributed by atoms with Crippen molar-refractivity contribution in [2.45, 2.75) is 0 Å². The van der Waals surface area contributed by atoms with Crippen molar-refractivity contribution in [3.05, 3.63) is 22.7 Å². The van der Waals surface area contributed by atoms with E-state index in [0.717, 1.165) is 22.1 Å². The molecule has 2 aromatic rings. The average molecular weight is 255 g/mol. The number of benzene rings is 1. The topological polar surface area (TPSA) is 44.2 Å². The zero-order valence-electron chi connectivity index (χ0n) is 8.14. The summed E-state index contributed by atoms with van der Waals surface area (Å²) < 4.78 is 11.5. The Bertz CT molecular complexity index is 529. The van der Waals surface area contributed by atoms with Gasteiger partial charge >= 0.3 is 0 Å². The summed E-state index contributed by atoms with van der Waals surface area (Å²) in [5.74, 6) is 1.47. The first kappa shape index (κ1) is 9.86. The van der Waals surface area contributed by atoms with Crippen molar-refractivity contribution in [1.82, 2.24) is 10.2 Å². The Morgan fingerprint density at radius 1 is 1.19 bits per heavy atom. The van der Waals surface area contributed by atoms with Crippen LogP contribution in [0.2, 0.25) is 4.47 Å². The van der Waals surface area contributed by atoms with E-state index in [1.54, 1.807) is 0 Å². The molecule has 82 valence electrons. The lowest BCUT2D eigenvalue weighted by atomic mass is 10.2. The number of para-hydroxylation sites is 1. The van der Waals surface area contributed by atoms with Crippen LogP contribution in [-0.2, 0) is 0 Å². The van der Waals surface area contributed by atoms with Crippen LogP contribution in [0.1, 0.15) is 0 Å². The molecule has 6 heteroatoms. The summed E-state index contributed by atoms with van der Waals surface area (Å²) in [6.45, 7) is 1.13. The SMILES string of the molecule is Clc1nnc(-c2cccc3c2OCCO3)s1. The number of halogens is 1. The van der Waals surface area contributed by atoms with Gasteiger partial charge in [0.2, 0.25) is 4.47 Å². The predicted octanol–water partition coefficient (Wildman–Crippen LogP) is 2.63. The van der Waals surface area contributed by atoms with E-state index >= 15 is 0 Å². The Hall–Kier alpha value is -1.33. The highest BCUT2D eigenvalue weighted by Gasteiger charge is 2.18. The number of aromatic nitrogens is 2. The molecule has 1 aliphatic heterocycles. The van der Waals surface area contributed by atoms with E-state index in [4.69, 9.17) is 21.1 Å². The van der Waals surface area contributed by atoms with E-state index in [-0.39, 0.29) is 0 Å². The molecule has 0 atom stereocenters. The van der Waals surface area contributed by atoms with Gasteiger partial charge in [-0.3, -0.25) is 0 Å². The van der Waals surface area contributed by atoms with Gasteiger partial charge in [0, 0.05) is 0 Å². The molecule has 1 aliphatic rings. The summed E-state index contributed by atoms with van der Waals surface area (Å²) in [7, 11) is 0. The lowest BCUT2D eigenvalue weighted by Crippen LogP contribution is -2.15. The number of hydrogen-bond donors (Lipinski definition) is 0. The Balaban J connectivity index is 2.13. The number of rotatable bonds is 1. The van der Waals surface area contributed by atoms with Crippen LogP contribution in [0.5, 0.6) is 11.5 Å². The Morgan fingerprint density at radius 2 is 2.06 bits per heavy atom. The molecule has 0 fully saturated rings. The van der Waals surface area contributed by atoms with Crippen LogP contribution >= 0.6 is 22.9 Å². The van der Waals surface area contributed by atoms with Crippen molar-refractivity contribution in [2.24, 2.45) is 0 Å². The Morgan fingerprint density at radius 3 is 2.88 bits per heavy atom. The van der Waals surface area contributed by atoms with Crippen LogP contribution in [0.15, 0.2) is 18.2 Å². The van der Waals surface area contributed by atoms with Gasteiger partial charge in [0.05, 0.1) is 5.56 Å². The summed E-state index contributed by atoms with van der Waals surface area (Å²) in [5.41, 5.74) is 0.876. The average Bonchev–Trinajstić information content (AvgIpc) is 2.75. The molecule has 3 rings (SSSR count). The van der Waals surface area contributed by atoms with Gasteiger partial charge in [0.25, 0.3) is 0 Å². The summed E-state index contributed by atoms with van der Waals surface area (Å²) >= 11 is 7.09. The predicted molar refractivity (Wildman–Crippen MR) is 61.3 cm³/mol. The molecule has 0 spiro atoms. The molecule has 4 nitrogen and oxygen atoms in total. The summed E-state index contributed by atoms with van der Waals surface area (Å²) in [6.07, 6.45) is 0. The fourth-order valence-corrected chi connectivity index (χ4v) is 2.41. The van der Waals surface area contributed by atoms with Crippen LogP contribution in [0, 0.1) is 0 Å². The minimum Gasteiger partial charge on any atom is -0.486 e. The smallest absolute Gasteiger partial charge is 0.207 e. The molecule has 0 saturated heterocycles. The number of fused-ring (bicyclic) bond motifs is 1. The lowest BCUT2D eigenvalue weighted by molar-refractivity contribution is 0.172. The molecule has 1 aromatic carbocycles. The molecule has 0 N–H and O–H groups in total. The van der Waals surface area contributed by atoms with Crippen molar-refractivity contribution < 1.29 is 9.47 Å². The molecule has 0 aliphatic carbocycles. The van der Waals surface area contributed by atoms with Gasteiger partial charge in [0.15, 0.2) is 16.5 Å². The Kier molecular flexibility index (Phi) is 2.41. The van der Waals surface area contributed by atoms with E-state index < -0.39 is 0 Å². The molecule has 2 heterocycles. The maximum absolute atomic E-state index is 5.77. The van der Waals surface area contributed by atoms with Gasteiger partial charge < -0.3 is 9.47 Å². The molecule has 0 amide bonds. The van der Waals surface area contributed by atoms with E-state index in [0.29, 0.717) is 17.7 Å². The maximum Gasteiger partial charge on any atom is 0.207 e. The summed E-state index contributed by atoms with van der Waals surface area (Å²) in [5, 5.41) is 8.52. The highest BCUT2D eigenvalue weighted by molar-refractivity contribution is 7.18. The normalized spacial score (nSPS) is 13.8. The van der Waals surface area contributed by atoms with Crippen LogP contribution in [0.4, 0.5) is 0 Å². The minimum absolute atomic E-state index is 0.421. The first-order valence-corrected chi connectivity index (χ1v) is 5.92. The summed E-state index contributed by atoms with van der Waals surface area (Å²) in [6, 6.07) is 5.70. The molecule has 0 unspecified atom stereocenters. The zero-order chi connectivity index (χ0) is 11.0. The zero-order valence-corrected chi connectivity index (χ0v) is 9.72. The second-order valence-electron chi connectivity index (χ2n) is 3.19. The third-order valence-electron chi connectivity index (χ3n) is 2.20. The molecule has 0 radical (unpaired) electrons. The van der Waals surface area contributed by atoms with E-state index in [1.807, 2.05) is 18.2 Å². The fraction of sp³-hybridized carbons (Fsp3) is 0.200. The number of ether oxygens (including phenoxy) is 2. The second-order valence-corrected chi connectivity index (χ2v) is 4.75. The molecular formula is C10H7ClN2O2S. The minimum atomic E-state index is 0.421. The molecule has 0 bridgehead atoms. The molecular weight excluding hydrogens is 248 g/mol. The first-order chi connectivity index (χ1) is 7.84. The van der Waals surface area contributed by atoms with Crippen LogP contribution in [0.3, 0.4) is 0 Å². The van der Waals surface area contributed by atoms with Gasteiger partial charge in [0.1, 0.15) is 13.2 Å². The van der Waals surface area contributed by atoms with Gasteiger partial charge in [-0.2, -0.15) is 0 Å². The van der Waals surface area contributed by atoms with Gasteiger partial charge in [-0.15, -0.1) is 10.2 Å². The number of hydrogen-bond acceptors (Lipinski definition) is 5. The molecule has 0 saturated carbocycles. The number of nitrogens with zero attached hydrogens (tertiary/aromatic N) is 2. The van der Waals surface area contributed by atoms with Crippen LogP contribution < -0.4 is 9.47 Å². The monoisotopic (exact) mass is 254 g/mol. The fourth-order valence-electron chi connectivity index (χ4n) is 1.56. The highest BCUT2D eigenvalue weighted by Crippen LogP contribution is 2.41. The van der Waals surface area contributed by atoms with E-state index in [1.165, 1.54) is 11.3 Å². The summed E-state index contributed by atoms with van der Waals surface area (Å²) in [4.78, 5) is 0. The highest BCUT2D eigenvalue weighted by atomic mass is 35.5. The second kappa shape index (κ2) is 3.92. The third kappa shape index (κ3) is 1.62. The standard InChI is InChI=1S/C10H7ClN2O2S/c11-10-13-12-9(16-10)6-2-1-3-7-8(6)15-5-4-14-7/h1-3H,4-5H2.